The molecule has 0 aromatic heterocycles. The molecule has 1 amide bonds. The zero-order chi connectivity index (χ0) is 13.2. The van der Waals surface area contributed by atoms with E-state index in [4.69, 9.17) is 4.74 Å². The van der Waals surface area contributed by atoms with Crippen molar-refractivity contribution < 1.29 is 9.53 Å². The second-order valence-corrected chi connectivity index (χ2v) is 6.09. The summed E-state index contributed by atoms with van der Waals surface area (Å²) >= 11 is 0. The van der Waals surface area contributed by atoms with Crippen molar-refractivity contribution in [3.05, 3.63) is 0 Å². The molecule has 0 radical (unpaired) electrons. The molecule has 0 bridgehead atoms. The summed E-state index contributed by atoms with van der Waals surface area (Å²) in [6.45, 7) is 8.72. The molecule has 108 valence electrons. The first-order valence-electron chi connectivity index (χ1n) is 7.59. The van der Waals surface area contributed by atoms with Crippen molar-refractivity contribution in [2.24, 2.45) is 5.92 Å². The lowest BCUT2D eigenvalue weighted by Crippen LogP contribution is -2.56. The molecule has 1 atom stereocenters. The van der Waals surface area contributed by atoms with Gasteiger partial charge in [-0.1, -0.05) is 0 Å². The third-order valence-corrected chi connectivity index (χ3v) is 4.70. The lowest BCUT2D eigenvalue weighted by molar-refractivity contribution is -0.139. The fourth-order valence-corrected chi connectivity index (χ4v) is 3.35. The van der Waals surface area contributed by atoms with E-state index in [0.717, 1.165) is 58.7 Å². The molecule has 5 heteroatoms. The molecule has 1 N–H and O–H groups in total. The molecule has 3 fully saturated rings. The quantitative estimate of drug-likeness (QED) is 0.760. The highest BCUT2D eigenvalue weighted by Gasteiger charge is 2.33. The van der Waals surface area contributed by atoms with Gasteiger partial charge in [-0.3, -0.25) is 9.69 Å². The van der Waals surface area contributed by atoms with Crippen molar-refractivity contribution >= 4 is 5.91 Å². The summed E-state index contributed by atoms with van der Waals surface area (Å²) in [5.74, 6) is 0.618. The van der Waals surface area contributed by atoms with E-state index in [0.29, 0.717) is 18.1 Å². The Balaban J connectivity index is 1.47. The second kappa shape index (κ2) is 5.77. The summed E-state index contributed by atoms with van der Waals surface area (Å²) in [7, 11) is 0. The van der Waals surface area contributed by atoms with Crippen molar-refractivity contribution in [2.45, 2.75) is 31.9 Å². The van der Waals surface area contributed by atoms with Crippen molar-refractivity contribution in [3.63, 3.8) is 0 Å². The standard InChI is InChI=1S/C14H25N3O2/c1-11-10-17(6-7-19-11)13-2-4-16(5-3-13)14(18)12-8-15-9-12/h11-13,15H,2-10H2,1H3. The predicted octanol–water partition coefficient (Wildman–Crippen LogP) is -0.0825. The zero-order valence-corrected chi connectivity index (χ0v) is 11.8. The molecule has 0 aliphatic carbocycles. The highest BCUT2D eigenvalue weighted by molar-refractivity contribution is 5.80. The number of carbonyl (C=O) groups is 1. The minimum atomic E-state index is 0.250. The minimum absolute atomic E-state index is 0.250. The van der Waals surface area contributed by atoms with Gasteiger partial charge in [0.05, 0.1) is 18.6 Å². The largest absolute Gasteiger partial charge is 0.376 e. The van der Waals surface area contributed by atoms with Gasteiger partial charge in [-0.05, 0) is 19.8 Å². The molecule has 19 heavy (non-hydrogen) atoms. The summed E-state index contributed by atoms with van der Waals surface area (Å²) in [5, 5.41) is 3.18. The van der Waals surface area contributed by atoms with Crippen LogP contribution in [0.15, 0.2) is 0 Å². The van der Waals surface area contributed by atoms with Gasteiger partial charge in [0.2, 0.25) is 5.91 Å². The maximum atomic E-state index is 12.2. The molecule has 3 aliphatic rings. The van der Waals surface area contributed by atoms with Crippen LogP contribution in [-0.4, -0.2) is 73.7 Å². The number of hydrogen-bond acceptors (Lipinski definition) is 4. The van der Waals surface area contributed by atoms with E-state index < -0.39 is 0 Å². The van der Waals surface area contributed by atoms with Crippen LogP contribution < -0.4 is 5.32 Å². The van der Waals surface area contributed by atoms with E-state index in [1.54, 1.807) is 0 Å². The Morgan fingerprint density at radius 1 is 1.21 bits per heavy atom. The third kappa shape index (κ3) is 2.93. The number of rotatable bonds is 2. The van der Waals surface area contributed by atoms with E-state index in [1.165, 1.54) is 0 Å². The maximum Gasteiger partial charge on any atom is 0.228 e. The Kier molecular flexibility index (Phi) is 4.05. The molecule has 5 nitrogen and oxygen atoms in total. The number of likely N-dealkylation sites (tertiary alicyclic amines) is 1. The maximum absolute atomic E-state index is 12.2. The summed E-state index contributed by atoms with van der Waals surface area (Å²) in [6, 6.07) is 0.648. The van der Waals surface area contributed by atoms with E-state index in [-0.39, 0.29) is 5.92 Å². The van der Waals surface area contributed by atoms with Gasteiger partial charge in [-0.2, -0.15) is 0 Å². The Morgan fingerprint density at radius 2 is 1.95 bits per heavy atom. The molecule has 3 heterocycles. The summed E-state index contributed by atoms with van der Waals surface area (Å²) in [6.07, 6.45) is 2.60. The van der Waals surface area contributed by atoms with Crippen LogP contribution in [-0.2, 0) is 9.53 Å². The number of carbonyl (C=O) groups excluding carboxylic acids is 1. The van der Waals surface area contributed by atoms with Crippen molar-refractivity contribution in [3.8, 4) is 0 Å². The van der Waals surface area contributed by atoms with E-state index in [9.17, 15) is 4.79 Å². The number of morpholine rings is 1. The molecule has 0 spiro atoms. The average molecular weight is 267 g/mol. The minimum Gasteiger partial charge on any atom is -0.376 e. The van der Waals surface area contributed by atoms with Crippen molar-refractivity contribution in [2.75, 3.05) is 45.9 Å². The molecule has 3 saturated heterocycles. The molecule has 0 saturated carbocycles. The van der Waals surface area contributed by atoms with Gasteiger partial charge in [-0.15, -0.1) is 0 Å². The smallest absolute Gasteiger partial charge is 0.228 e. The Bertz CT molecular complexity index is 325. The topological polar surface area (TPSA) is 44.8 Å². The van der Waals surface area contributed by atoms with Gasteiger partial charge < -0.3 is 15.0 Å². The Hall–Kier alpha value is -0.650. The Labute approximate surface area is 115 Å². The first kappa shape index (κ1) is 13.3. The molecule has 3 rings (SSSR count). The van der Waals surface area contributed by atoms with Gasteiger partial charge >= 0.3 is 0 Å². The second-order valence-electron chi connectivity index (χ2n) is 6.09. The van der Waals surface area contributed by atoms with Crippen LogP contribution in [0.2, 0.25) is 0 Å². The lowest BCUT2D eigenvalue weighted by Gasteiger charge is -2.43. The molecule has 1 unspecified atom stereocenters. The number of piperidine rings is 1. The molecular formula is C14H25N3O2. The van der Waals surface area contributed by atoms with Gasteiger partial charge in [0.25, 0.3) is 0 Å². The van der Waals surface area contributed by atoms with Crippen molar-refractivity contribution in [1.82, 2.24) is 15.1 Å². The fourth-order valence-electron chi connectivity index (χ4n) is 3.35. The fraction of sp³-hybridized carbons (Fsp3) is 0.929. The van der Waals surface area contributed by atoms with Crippen LogP contribution >= 0.6 is 0 Å². The van der Waals surface area contributed by atoms with E-state index in [2.05, 4.69) is 22.0 Å². The highest BCUT2D eigenvalue weighted by atomic mass is 16.5. The van der Waals surface area contributed by atoms with Crippen LogP contribution in [0.1, 0.15) is 19.8 Å². The van der Waals surface area contributed by atoms with Gasteiger partial charge in [-0.25, -0.2) is 0 Å². The first-order chi connectivity index (χ1) is 9.24. The van der Waals surface area contributed by atoms with E-state index >= 15 is 0 Å². The lowest BCUT2D eigenvalue weighted by atomic mass is 9.97. The number of ether oxygens (including phenoxy) is 1. The van der Waals surface area contributed by atoms with Crippen LogP contribution in [0, 0.1) is 5.92 Å². The third-order valence-electron chi connectivity index (χ3n) is 4.70. The van der Waals surface area contributed by atoms with Gasteiger partial charge in [0.1, 0.15) is 0 Å². The van der Waals surface area contributed by atoms with Crippen molar-refractivity contribution in [1.29, 1.82) is 0 Å². The first-order valence-corrected chi connectivity index (χ1v) is 7.59. The van der Waals surface area contributed by atoms with Crippen LogP contribution in [0.3, 0.4) is 0 Å². The molecular weight excluding hydrogens is 242 g/mol. The van der Waals surface area contributed by atoms with Crippen LogP contribution in [0.5, 0.6) is 0 Å². The molecule has 0 aromatic carbocycles. The molecule has 0 aromatic rings. The van der Waals surface area contributed by atoms with Crippen LogP contribution in [0.25, 0.3) is 0 Å². The normalized spacial score (nSPS) is 31.2. The number of nitrogens with one attached hydrogen (secondary N) is 1. The monoisotopic (exact) mass is 267 g/mol. The average Bonchev–Trinajstić information content (AvgIpc) is 2.37. The number of nitrogens with zero attached hydrogens (tertiary/aromatic N) is 2. The van der Waals surface area contributed by atoms with E-state index in [1.807, 2.05) is 0 Å². The predicted molar refractivity (Wildman–Crippen MR) is 72.9 cm³/mol. The number of amides is 1. The summed E-state index contributed by atoms with van der Waals surface area (Å²) in [5.41, 5.74) is 0. The highest BCUT2D eigenvalue weighted by Crippen LogP contribution is 2.21. The number of hydrogen-bond donors (Lipinski definition) is 1. The zero-order valence-electron chi connectivity index (χ0n) is 11.8. The Morgan fingerprint density at radius 3 is 2.53 bits per heavy atom. The van der Waals surface area contributed by atoms with Gasteiger partial charge in [0.15, 0.2) is 0 Å². The molecule has 3 aliphatic heterocycles. The van der Waals surface area contributed by atoms with Crippen LogP contribution in [0.4, 0.5) is 0 Å². The SMILES string of the molecule is CC1CN(C2CCN(C(=O)C3CNC3)CC2)CCO1. The summed E-state index contributed by atoms with van der Waals surface area (Å²) in [4.78, 5) is 16.8. The van der Waals surface area contributed by atoms with Gasteiger partial charge in [0, 0.05) is 45.3 Å². The summed E-state index contributed by atoms with van der Waals surface area (Å²) < 4.78 is 5.60.